The van der Waals surface area contributed by atoms with E-state index in [1.807, 2.05) is 13.8 Å². The molecule has 1 aromatic heterocycles. The molecule has 0 saturated carbocycles. The first-order chi connectivity index (χ1) is 4.79. The maximum absolute atomic E-state index is 5.38. The summed E-state index contributed by atoms with van der Waals surface area (Å²) in [6, 6.07) is 0. The van der Waals surface area contributed by atoms with Gasteiger partial charge in [-0.25, -0.2) is 15.0 Å². The van der Waals surface area contributed by atoms with Gasteiger partial charge in [-0.3, -0.25) is 0 Å². The van der Waals surface area contributed by atoms with E-state index < -0.39 is 0 Å². The molecule has 0 radical (unpaired) electrons. The summed E-state index contributed by atoms with van der Waals surface area (Å²) in [7, 11) is 0. The van der Waals surface area contributed by atoms with Crippen LogP contribution < -0.4 is 0 Å². The van der Waals surface area contributed by atoms with Gasteiger partial charge in [0.25, 0.3) is 0 Å². The molecule has 0 unspecified atom stereocenters. The van der Waals surface area contributed by atoms with Crippen LogP contribution in [-0.2, 0) is 0 Å². The van der Waals surface area contributed by atoms with Crippen LogP contribution in [0.2, 0.25) is 5.28 Å². The van der Waals surface area contributed by atoms with Gasteiger partial charge in [0.2, 0.25) is 5.28 Å². The average molecular weight is 160 g/mol. The van der Waals surface area contributed by atoms with Crippen LogP contribution in [0.3, 0.4) is 0 Å². The van der Waals surface area contributed by atoms with Crippen molar-refractivity contribution in [2.24, 2.45) is 0 Å². The van der Waals surface area contributed by atoms with Gasteiger partial charge in [0.05, 0.1) is 0 Å². The minimum absolute atomic E-state index is 0.248. The smallest absolute Gasteiger partial charge is 0.222 e. The van der Waals surface area contributed by atoms with Gasteiger partial charge in [-0.15, -0.1) is 0 Å². The van der Waals surface area contributed by atoms with E-state index in [2.05, 4.69) is 15.0 Å². The number of nitrogens with zero attached hydrogens (tertiary/aromatic N) is 3. The van der Waals surface area contributed by atoms with E-state index in [4.69, 9.17) is 11.6 Å². The second-order valence-corrected chi connectivity index (χ2v) is 1.64. The van der Waals surface area contributed by atoms with E-state index in [1.54, 1.807) is 6.92 Å². The van der Waals surface area contributed by atoms with E-state index in [9.17, 15) is 0 Å². The molecule has 1 heterocycles. The third kappa shape index (κ3) is 3.35. The van der Waals surface area contributed by atoms with E-state index in [0.29, 0.717) is 5.82 Å². The van der Waals surface area contributed by atoms with Gasteiger partial charge in [-0.2, -0.15) is 0 Å². The molecule has 0 aliphatic heterocycles. The van der Waals surface area contributed by atoms with Gasteiger partial charge >= 0.3 is 0 Å². The van der Waals surface area contributed by atoms with Crippen LogP contribution in [-0.4, -0.2) is 15.0 Å². The molecule has 3 nitrogen and oxygen atoms in total. The van der Waals surface area contributed by atoms with Crippen LogP contribution in [0, 0.1) is 6.92 Å². The summed E-state index contributed by atoms with van der Waals surface area (Å²) >= 11 is 5.38. The van der Waals surface area contributed by atoms with Gasteiger partial charge in [0, 0.05) is 0 Å². The molecule has 0 aliphatic carbocycles. The molecular weight excluding hydrogens is 150 g/mol. The molecule has 1 rings (SSSR count). The molecular formula is C6H10ClN3. The van der Waals surface area contributed by atoms with Crippen molar-refractivity contribution < 1.29 is 0 Å². The highest BCUT2D eigenvalue weighted by molar-refractivity contribution is 6.28. The molecule has 0 aromatic carbocycles. The van der Waals surface area contributed by atoms with Gasteiger partial charge in [0.1, 0.15) is 12.2 Å². The standard InChI is InChI=1S/C4H4ClN3.C2H6/c1-3-6-2-7-4(5)8-3;1-2/h2H,1H3;1-2H3. The maximum Gasteiger partial charge on any atom is 0.225 e. The number of rotatable bonds is 0. The Morgan fingerprint density at radius 1 is 1.30 bits per heavy atom. The van der Waals surface area contributed by atoms with Crippen molar-refractivity contribution in [3.8, 4) is 0 Å². The molecule has 0 saturated heterocycles. The Morgan fingerprint density at radius 3 is 2.20 bits per heavy atom. The van der Waals surface area contributed by atoms with E-state index in [0.717, 1.165) is 0 Å². The van der Waals surface area contributed by atoms with Crippen molar-refractivity contribution in [2.75, 3.05) is 0 Å². The van der Waals surface area contributed by atoms with Crippen molar-refractivity contribution in [1.82, 2.24) is 15.0 Å². The topological polar surface area (TPSA) is 38.7 Å². The monoisotopic (exact) mass is 159 g/mol. The second kappa shape index (κ2) is 5.11. The number of hydrogen-bond acceptors (Lipinski definition) is 3. The fraction of sp³-hybridized carbons (Fsp3) is 0.500. The van der Waals surface area contributed by atoms with Gasteiger partial charge in [-0.05, 0) is 18.5 Å². The summed E-state index contributed by atoms with van der Waals surface area (Å²) in [5.74, 6) is 0.644. The maximum atomic E-state index is 5.38. The van der Waals surface area contributed by atoms with Crippen LogP contribution in [0.15, 0.2) is 6.33 Å². The minimum atomic E-state index is 0.248. The lowest BCUT2D eigenvalue weighted by atomic mass is 10.7. The van der Waals surface area contributed by atoms with Gasteiger partial charge < -0.3 is 0 Å². The zero-order valence-corrected chi connectivity index (χ0v) is 7.05. The third-order valence-corrected chi connectivity index (χ3v) is 0.845. The molecule has 0 aliphatic rings. The lowest BCUT2D eigenvalue weighted by Crippen LogP contribution is -1.87. The molecule has 10 heavy (non-hydrogen) atoms. The molecule has 4 heteroatoms. The van der Waals surface area contributed by atoms with Gasteiger partial charge in [-0.1, -0.05) is 13.8 Å². The van der Waals surface area contributed by atoms with Crippen LogP contribution in [0.5, 0.6) is 0 Å². The zero-order valence-electron chi connectivity index (χ0n) is 6.30. The summed E-state index contributed by atoms with van der Waals surface area (Å²) in [4.78, 5) is 11.0. The number of halogens is 1. The average Bonchev–Trinajstić information content (AvgIpc) is 1.91. The number of aromatic nitrogens is 3. The highest BCUT2D eigenvalue weighted by Crippen LogP contribution is 1.94. The SMILES string of the molecule is CC.Cc1ncnc(Cl)n1. The summed E-state index contributed by atoms with van der Waals surface area (Å²) in [6.07, 6.45) is 1.38. The van der Waals surface area contributed by atoms with Crippen molar-refractivity contribution in [2.45, 2.75) is 20.8 Å². The van der Waals surface area contributed by atoms with Crippen LogP contribution >= 0.6 is 11.6 Å². The summed E-state index contributed by atoms with van der Waals surface area (Å²) < 4.78 is 0. The second-order valence-electron chi connectivity index (χ2n) is 1.30. The molecule has 0 fully saturated rings. The largest absolute Gasteiger partial charge is 0.225 e. The molecule has 0 atom stereocenters. The molecule has 56 valence electrons. The Labute approximate surface area is 65.5 Å². The Morgan fingerprint density at radius 2 is 1.90 bits per heavy atom. The predicted molar refractivity (Wildman–Crippen MR) is 40.9 cm³/mol. The zero-order chi connectivity index (χ0) is 7.98. The molecule has 0 bridgehead atoms. The van der Waals surface area contributed by atoms with Gasteiger partial charge in [0.15, 0.2) is 0 Å². The lowest BCUT2D eigenvalue weighted by molar-refractivity contribution is 0.974. The fourth-order valence-electron chi connectivity index (χ4n) is 0.351. The summed E-state index contributed by atoms with van der Waals surface area (Å²) in [5, 5.41) is 0.248. The first-order valence-corrected chi connectivity index (χ1v) is 3.48. The van der Waals surface area contributed by atoms with Crippen molar-refractivity contribution in [3.05, 3.63) is 17.4 Å². The Bertz CT molecular complexity index is 173. The Hall–Kier alpha value is -0.700. The first-order valence-electron chi connectivity index (χ1n) is 3.10. The van der Waals surface area contributed by atoms with E-state index in [-0.39, 0.29) is 5.28 Å². The highest BCUT2D eigenvalue weighted by Gasteiger charge is 1.87. The summed E-state index contributed by atoms with van der Waals surface area (Å²) in [5.41, 5.74) is 0. The van der Waals surface area contributed by atoms with Crippen LogP contribution in [0.25, 0.3) is 0 Å². The summed E-state index contributed by atoms with van der Waals surface area (Å²) in [6.45, 7) is 5.76. The third-order valence-electron chi connectivity index (χ3n) is 0.663. The quantitative estimate of drug-likeness (QED) is 0.580. The Balaban J connectivity index is 0.000000371. The Kier molecular flexibility index (Phi) is 4.76. The van der Waals surface area contributed by atoms with E-state index >= 15 is 0 Å². The van der Waals surface area contributed by atoms with Crippen molar-refractivity contribution in [1.29, 1.82) is 0 Å². The van der Waals surface area contributed by atoms with Crippen molar-refractivity contribution >= 4 is 11.6 Å². The number of aryl methyl sites for hydroxylation is 1. The minimum Gasteiger partial charge on any atom is -0.222 e. The van der Waals surface area contributed by atoms with Crippen LogP contribution in [0.1, 0.15) is 19.7 Å². The van der Waals surface area contributed by atoms with Crippen molar-refractivity contribution in [3.63, 3.8) is 0 Å². The number of hydrogen-bond donors (Lipinski definition) is 0. The fourth-order valence-corrected chi connectivity index (χ4v) is 0.517. The van der Waals surface area contributed by atoms with E-state index in [1.165, 1.54) is 6.33 Å². The predicted octanol–water partition coefficient (Wildman–Crippen LogP) is 1.86. The first kappa shape index (κ1) is 9.30. The molecule has 0 N–H and O–H groups in total. The molecule has 1 aromatic rings. The van der Waals surface area contributed by atoms with Crippen LogP contribution in [0.4, 0.5) is 0 Å². The molecule has 0 spiro atoms. The molecule has 0 amide bonds. The normalized spacial score (nSPS) is 8.00. The highest BCUT2D eigenvalue weighted by atomic mass is 35.5. The lowest BCUT2D eigenvalue weighted by Gasteiger charge is -1.86.